The Balaban J connectivity index is 0.000000980. The number of halogens is 2. The van der Waals surface area contributed by atoms with Crippen molar-refractivity contribution in [3.63, 3.8) is 0 Å². The molecule has 5 heteroatoms. The van der Waals surface area contributed by atoms with Gasteiger partial charge in [0, 0.05) is 6.20 Å². The van der Waals surface area contributed by atoms with E-state index in [9.17, 15) is 4.79 Å². The summed E-state index contributed by atoms with van der Waals surface area (Å²) in [6, 6.07) is 3.76. The smallest absolute Gasteiger partial charge is 0.307 e. The highest BCUT2D eigenvalue weighted by Gasteiger charge is 2.44. The van der Waals surface area contributed by atoms with E-state index in [4.69, 9.17) is 5.11 Å². The van der Waals surface area contributed by atoms with Crippen LogP contribution in [-0.4, -0.2) is 16.1 Å². The summed E-state index contributed by atoms with van der Waals surface area (Å²) >= 11 is 3.23. The third-order valence-corrected chi connectivity index (χ3v) is 2.76. The Morgan fingerprint density at radius 3 is 2.71 bits per heavy atom. The fourth-order valence-corrected chi connectivity index (χ4v) is 1.68. The van der Waals surface area contributed by atoms with E-state index in [0.29, 0.717) is 0 Å². The molecule has 0 spiro atoms. The summed E-state index contributed by atoms with van der Waals surface area (Å²) in [5, 5.41) is 8.71. The Morgan fingerprint density at radius 2 is 2.29 bits per heavy atom. The standard InChI is InChI=1S/C9H8BrNO2.ClH/c10-8-2-1-5(4-11-8)6-3-7(6)9(12)13;/h1-2,4,6-7H,3H2,(H,12,13);1H/t6-,7+;/m0./s1. The molecule has 0 aromatic carbocycles. The van der Waals surface area contributed by atoms with E-state index in [2.05, 4.69) is 20.9 Å². The molecule has 1 aliphatic carbocycles. The van der Waals surface area contributed by atoms with Crippen molar-refractivity contribution >= 4 is 34.3 Å². The van der Waals surface area contributed by atoms with E-state index < -0.39 is 5.97 Å². The molecule has 1 fully saturated rings. The van der Waals surface area contributed by atoms with E-state index in [1.165, 1.54) is 0 Å². The topological polar surface area (TPSA) is 50.2 Å². The van der Waals surface area contributed by atoms with E-state index in [-0.39, 0.29) is 24.2 Å². The van der Waals surface area contributed by atoms with Crippen LogP contribution in [-0.2, 0) is 4.79 Å². The van der Waals surface area contributed by atoms with Gasteiger partial charge in [0.15, 0.2) is 0 Å². The molecule has 0 saturated heterocycles. The van der Waals surface area contributed by atoms with Gasteiger partial charge in [0.1, 0.15) is 4.60 Å². The number of carbonyl (C=O) groups is 1. The first-order valence-electron chi connectivity index (χ1n) is 4.03. The van der Waals surface area contributed by atoms with Crippen molar-refractivity contribution in [2.75, 3.05) is 0 Å². The summed E-state index contributed by atoms with van der Waals surface area (Å²) in [6.07, 6.45) is 2.48. The normalized spacial score (nSPS) is 23.8. The molecular weight excluding hydrogens is 269 g/mol. The number of aliphatic carboxylic acids is 1. The lowest BCUT2D eigenvalue weighted by Gasteiger charge is -1.96. The molecule has 14 heavy (non-hydrogen) atoms. The summed E-state index contributed by atoms with van der Waals surface area (Å²) in [6.45, 7) is 0. The first kappa shape index (κ1) is 11.5. The molecule has 1 heterocycles. The van der Waals surface area contributed by atoms with Crippen molar-refractivity contribution in [2.24, 2.45) is 5.92 Å². The van der Waals surface area contributed by atoms with Gasteiger partial charge in [-0.3, -0.25) is 4.79 Å². The average molecular weight is 279 g/mol. The molecule has 0 amide bonds. The lowest BCUT2D eigenvalue weighted by Crippen LogP contribution is -1.98. The fraction of sp³-hybridized carbons (Fsp3) is 0.333. The Hall–Kier alpha value is -0.610. The van der Waals surface area contributed by atoms with Crippen molar-refractivity contribution in [3.8, 4) is 0 Å². The van der Waals surface area contributed by atoms with Gasteiger partial charge in [0.25, 0.3) is 0 Å². The SMILES string of the molecule is Cl.O=C(O)[C@@H]1C[C@H]1c1ccc(Br)nc1. The maximum atomic E-state index is 10.6. The first-order chi connectivity index (χ1) is 6.18. The monoisotopic (exact) mass is 277 g/mol. The Morgan fingerprint density at radius 1 is 1.57 bits per heavy atom. The van der Waals surface area contributed by atoms with Crippen LogP contribution in [0.1, 0.15) is 17.9 Å². The fourth-order valence-electron chi connectivity index (χ4n) is 1.44. The van der Waals surface area contributed by atoms with Gasteiger partial charge in [-0.2, -0.15) is 0 Å². The van der Waals surface area contributed by atoms with Gasteiger partial charge in [-0.25, -0.2) is 4.98 Å². The summed E-state index contributed by atoms with van der Waals surface area (Å²) in [5.41, 5.74) is 1.02. The van der Waals surface area contributed by atoms with Crippen LogP contribution in [0.4, 0.5) is 0 Å². The number of carboxylic acid groups (broad SMARTS) is 1. The van der Waals surface area contributed by atoms with Crippen LogP contribution in [0.3, 0.4) is 0 Å². The zero-order valence-electron chi connectivity index (χ0n) is 7.18. The second kappa shape index (κ2) is 4.28. The highest BCUT2D eigenvalue weighted by molar-refractivity contribution is 9.10. The molecule has 0 aliphatic heterocycles. The lowest BCUT2D eigenvalue weighted by molar-refractivity contribution is -0.138. The van der Waals surface area contributed by atoms with Gasteiger partial charge in [-0.1, -0.05) is 6.07 Å². The van der Waals surface area contributed by atoms with E-state index in [1.807, 2.05) is 12.1 Å². The molecular formula is C9H9BrClNO2. The molecule has 1 aliphatic rings. The molecule has 0 radical (unpaired) electrons. The highest BCUT2D eigenvalue weighted by atomic mass is 79.9. The minimum atomic E-state index is -0.701. The molecule has 0 unspecified atom stereocenters. The van der Waals surface area contributed by atoms with Crippen molar-refractivity contribution in [1.82, 2.24) is 4.98 Å². The molecule has 1 aromatic heterocycles. The second-order valence-electron chi connectivity index (χ2n) is 3.20. The van der Waals surface area contributed by atoms with Gasteiger partial charge >= 0.3 is 5.97 Å². The van der Waals surface area contributed by atoms with Crippen LogP contribution in [0.25, 0.3) is 0 Å². The summed E-state index contributed by atoms with van der Waals surface area (Å²) in [5.74, 6) is -0.714. The summed E-state index contributed by atoms with van der Waals surface area (Å²) < 4.78 is 0.781. The van der Waals surface area contributed by atoms with Crippen LogP contribution < -0.4 is 0 Å². The maximum absolute atomic E-state index is 10.6. The molecule has 76 valence electrons. The zero-order valence-corrected chi connectivity index (χ0v) is 9.59. The summed E-state index contributed by atoms with van der Waals surface area (Å²) in [4.78, 5) is 14.6. The number of carboxylic acids is 1. The van der Waals surface area contributed by atoms with Gasteiger partial charge in [0.2, 0.25) is 0 Å². The quantitative estimate of drug-likeness (QED) is 0.846. The summed E-state index contributed by atoms with van der Waals surface area (Å²) in [7, 11) is 0. The molecule has 3 nitrogen and oxygen atoms in total. The number of pyridine rings is 1. The van der Waals surface area contributed by atoms with Crippen molar-refractivity contribution in [3.05, 3.63) is 28.5 Å². The third-order valence-electron chi connectivity index (χ3n) is 2.29. The van der Waals surface area contributed by atoms with Gasteiger partial charge in [-0.05, 0) is 39.9 Å². The molecule has 1 aromatic rings. The average Bonchev–Trinajstić information content (AvgIpc) is 2.85. The number of hydrogen-bond acceptors (Lipinski definition) is 2. The Labute approximate surface area is 96.1 Å². The van der Waals surface area contributed by atoms with Gasteiger partial charge in [0.05, 0.1) is 5.92 Å². The predicted molar refractivity (Wildman–Crippen MR) is 57.7 cm³/mol. The largest absolute Gasteiger partial charge is 0.481 e. The van der Waals surface area contributed by atoms with E-state index >= 15 is 0 Å². The number of hydrogen-bond donors (Lipinski definition) is 1. The number of aromatic nitrogens is 1. The Kier molecular flexibility index (Phi) is 3.50. The van der Waals surface area contributed by atoms with Crippen LogP contribution >= 0.6 is 28.3 Å². The second-order valence-corrected chi connectivity index (χ2v) is 4.01. The van der Waals surface area contributed by atoms with Gasteiger partial charge < -0.3 is 5.11 Å². The predicted octanol–water partition coefficient (Wildman–Crippen LogP) is 2.45. The highest BCUT2D eigenvalue weighted by Crippen LogP contribution is 2.47. The lowest BCUT2D eigenvalue weighted by atomic mass is 10.1. The van der Waals surface area contributed by atoms with Crippen LogP contribution in [0.5, 0.6) is 0 Å². The molecule has 0 bridgehead atoms. The van der Waals surface area contributed by atoms with Crippen molar-refractivity contribution < 1.29 is 9.90 Å². The zero-order chi connectivity index (χ0) is 9.42. The minimum Gasteiger partial charge on any atom is -0.481 e. The number of rotatable bonds is 2. The minimum absolute atomic E-state index is 0. The van der Waals surface area contributed by atoms with Crippen LogP contribution in [0.15, 0.2) is 22.9 Å². The molecule has 2 rings (SSSR count). The first-order valence-corrected chi connectivity index (χ1v) is 4.82. The van der Waals surface area contributed by atoms with Crippen molar-refractivity contribution in [1.29, 1.82) is 0 Å². The Bertz CT molecular complexity index is 341. The van der Waals surface area contributed by atoms with Crippen LogP contribution in [0.2, 0.25) is 0 Å². The third kappa shape index (κ3) is 2.25. The van der Waals surface area contributed by atoms with E-state index in [1.54, 1.807) is 6.20 Å². The molecule has 1 N–H and O–H groups in total. The van der Waals surface area contributed by atoms with Crippen LogP contribution in [0, 0.1) is 5.92 Å². The molecule has 2 atom stereocenters. The van der Waals surface area contributed by atoms with Gasteiger partial charge in [-0.15, -0.1) is 12.4 Å². The van der Waals surface area contributed by atoms with E-state index in [0.717, 1.165) is 16.6 Å². The molecule has 1 saturated carbocycles. The number of nitrogens with zero attached hydrogens (tertiary/aromatic N) is 1. The maximum Gasteiger partial charge on any atom is 0.307 e. The van der Waals surface area contributed by atoms with Crippen molar-refractivity contribution in [2.45, 2.75) is 12.3 Å².